The summed E-state index contributed by atoms with van der Waals surface area (Å²) in [7, 11) is 1.62. The summed E-state index contributed by atoms with van der Waals surface area (Å²) < 4.78 is 9.94. The van der Waals surface area contributed by atoms with Crippen LogP contribution in [0.15, 0.2) is 34.7 Å². The van der Waals surface area contributed by atoms with E-state index < -0.39 is 5.97 Å². The summed E-state index contributed by atoms with van der Waals surface area (Å²) in [6.45, 7) is 2.08. The van der Waals surface area contributed by atoms with Crippen molar-refractivity contribution in [3.63, 3.8) is 0 Å². The van der Waals surface area contributed by atoms with Gasteiger partial charge in [-0.25, -0.2) is 9.78 Å². The molecule has 1 heterocycles. The Morgan fingerprint density at radius 3 is 2.86 bits per heavy atom. The number of ether oxygens (including phenoxy) is 2. The van der Waals surface area contributed by atoms with Crippen molar-refractivity contribution in [1.29, 1.82) is 0 Å². The molecule has 2 rings (SSSR count). The van der Waals surface area contributed by atoms with Gasteiger partial charge in [0.25, 0.3) is 0 Å². The number of thiazole rings is 1. The minimum absolute atomic E-state index is 0.281. The van der Waals surface area contributed by atoms with E-state index in [9.17, 15) is 4.79 Å². The SMILES string of the molecule is CCOC(=O)c1csc(N/N=C/c2ccc(OC)cc2)n1. The Balaban J connectivity index is 1.93. The van der Waals surface area contributed by atoms with Crippen LogP contribution < -0.4 is 10.2 Å². The van der Waals surface area contributed by atoms with Crippen molar-refractivity contribution in [2.45, 2.75) is 6.92 Å². The van der Waals surface area contributed by atoms with E-state index in [-0.39, 0.29) is 5.69 Å². The Kier molecular flexibility index (Phi) is 5.28. The number of carbonyl (C=O) groups excluding carboxylic acids is 1. The van der Waals surface area contributed by atoms with Gasteiger partial charge in [0.2, 0.25) is 5.13 Å². The van der Waals surface area contributed by atoms with E-state index in [1.807, 2.05) is 24.3 Å². The average molecular weight is 305 g/mol. The number of hydrogen-bond donors (Lipinski definition) is 1. The number of nitrogens with one attached hydrogen (secondary N) is 1. The number of hydrazone groups is 1. The first-order chi connectivity index (χ1) is 10.2. The molecule has 0 unspecified atom stereocenters. The molecule has 2 aromatic rings. The van der Waals surface area contributed by atoms with Crippen LogP contribution in [-0.4, -0.2) is 30.9 Å². The maximum absolute atomic E-state index is 11.5. The van der Waals surface area contributed by atoms with Gasteiger partial charge in [0.15, 0.2) is 5.69 Å². The summed E-state index contributed by atoms with van der Waals surface area (Å²) in [4.78, 5) is 15.5. The third-order valence-electron chi connectivity index (χ3n) is 2.48. The average Bonchev–Trinajstić information content (AvgIpc) is 2.97. The van der Waals surface area contributed by atoms with Crippen molar-refractivity contribution in [3.05, 3.63) is 40.9 Å². The number of benzene rings is 1. The Labute approximate surface area is 126 Å². The molecule has 0 saturated carbocycles. The molecule has 0 radical (unpaired) electrons. The van der Waals surface area contributed by atoms with Crippen LogP contribution in [-0.2, 0) is 4.74 Å². The van der Waals surface area contributed by atoms with E-state index in [0.717, 1.165) is 11.3 Å². The molecule has 1 aromatic heterocycles. The lowest BCUT2D eigenvalue weighted by Crippen LogP contribution is -2.04. The highest BCUT2D eigenvalue weighted by Crippen LogP contribution is 2.16. The van der Waals surface area contributed by atoms with Crippen LogP contribution in [0.25, 0.3) is 0 Å². The van der Waals surface area contributed by atoms with Crippen LogP contribution in [0.5, 0.6) is 5.75 Å². The molecule has 110 valence electrons. The van der Waals surface area contributed by atoms with Gasteiger partial charge in [-0.1, -0.05) is 0 Å². The van der Waals surface area contributed by atoms with E-state index in [2.05, 4.69) is 15.5 Å². The zero-order valence-corrected chi connectivity index (χ0v) is 12.5. The Morgan fingerprint density at radius 2 is 2.19 bits per heavy atom. The van der Waals surface area contributed by atoms with Crippen molar-refractivity contribution in [2.75, 3.05) is 19.1 Å². The molecule has 1 N–H and O–H groups in total. The summed E-state index contributed by atoms with van der Waals surface area (Å²) in [5.41, 5.74) is 3.98. The lowest BCUT2D eigenvalue weighted by molar-refractivity contribution is 0.0520. The molecule has 0 amide bonds. The smallest absolute Gasteiger partial charge is 0.357 e. The van der Waals surface area contributed by atoms with E-state index in [1.54, 1.807) is 25.6 Å². The minimum Gasteiger partial charge on any atom is -0.497 e. The summed E-state index contributed by atoms with van der Waals surface area (Å²) in [5, 5.41) is 6.22. The largest absolute Gasteiger partial charge is 0.497 e. The molecule has 0 fully saturated rings. The lowest BCUT2D eigenvalue weighted by atomic mass is 10.2. The highest BCUT2D eigenvalue weighted by atomic mass is 32.1. The number of aromatic nitrogens is 1. The summed E-state index contributed by atoms with van der Waals surface area (Å²) in [6.07, 6.45) is 1.66. The molecular weight excluding hydrogens is 290 g/mol. The van der Waals surface area contributed by atoms with Gasteiger partial charge in [-0.2, -0.15) is 5.10 Å². The van der Waals surface area contributed by atoms with Gasteiger partial charge in [-0.05, 0) is 36.8 Å². The zero-order chi connectivity index (χ0) is 15.1. The van der Waals surface area contributed by atoms with Crippen molar-refractivity contribution < 1.29 is 14.3 Å². The molecule has 0 bridgehead atoms. The number of rotatable bonds is 6. The van der Waals surface area contributed by atoms with Crippen molar-refractivity contribution >= 4 is 28.7 Å². The van der Waals surface area contributed by atoms with Crippen LogP contribution >= 0.6 is 11.3 Å². The predicted octanol–water partition coefficient (Wildman–Crippen LogP) is 2.77. The number of anilines is 1. The molecule has 0 saturated heterocycles. The molecule has 6 nitrogen and oxygen atoms in total. The fourth-order valence-corrected chi connectivity index (χ4v) is 2.10. The Bertz CT molecular complexity index is 623. The summed E-state index contributed by atoms with van der Waals surface area (Å²) in [5.74, 6) is 0.361. The Hall–Kier alpha value is -2.41. The molecule has 0 atom stereocenters. The number of hydrogen-bond acceptors (Lipinski definition) is 7. The van der Waals surface area contributed by atoms with E-state index in [0.29, 0.717) is 11.7 Å². The van der Waals surface area contributed by atoms with Gasteiger partial charge in [0, 0.05) is 5.38 Å². The van der Waals surface area contributed by atoms with Gasteiger partial charge >= 0.3 is 5.97 Å². The molecule has 1 aromatic carbocycles. The second-order valence-electron chi connectivity index (χ2n) is 3.90. The fraction of sp³-hybridized carbons (Fsp3) is 0.214. The van der Waals surface area contributed by atoms with Crippen LogP contribution in [0.2, 0.25) is 0 Å². The first kappa shape index (κ1) is 15.0. The zero-order valence-electron chi connectivity index (χ0n) is 11.7. The third kappa shape index (κ3) is 4.28. The molecular formula is C14H15N3O3S. The second kappa shape index (κ2) is 7.39. The van der Waals surface area contributed by atoms with Gasteiger partial charge in [0.05, 0.1) is 19.9 Å². The quantitative estimate of drug-likeness (QED) is 0.505. The molecule has 7 heteroatoms. The normalized spacial score (nSPS) is 10.6. The first-order valence-electron chi connectivity index (χ1n) is 6.28. The van der Waals surface area contributed by atoms with Crippen molar-refractivity contribution in [3.8, 4) is 5.75 Å². The van der Waals surface area contributed by atoms with E-state index >= 15 is 0 Å². The van der Waals surface area contributed by atoms with Gasteiger partial charge in [0.1, 0.15) is 5.75 Å². The standard InChI is InChI=1S/C14H15N3O3S/c1-3-20-13(18)12-9-21-14(16-12)17-15-8-10-4-6-11(19-2)7-5-10/h4-9H,3H2,1-2H3,(H,16,17)/b15-8+. The lowest BCUT2D eigenvalue weighted by Gasteiger charge is -1.99. The molecule has 0 aliphatic carbocycles. The molecule has 0 aliphatic rings. The number of carbonyl (C=O) groups is 1. The number of nitrogens with zero attached hydrogens (tertiary/aromatic N) is 2. The fourth-order valence-electron chi connectivity index (χ4n) is 1.48. The first-order valence-corrected chi connectivity index (χ1v) is 7.16. The minimum atomic E-state index is -0.430. The molecule has 21 heavy (non-hydrogen) atoms. The van der Waals surface area contributed by atoms with Crippen LogP contribution in [0, 0.1) is 0 Å². The van der Waals surface area contributed by atoms with Crippen molar-refractivity contribution in [1.82, 2.24) is 4.98 Å². The predicted molar refractivity (Wildman–Crippen MR) is 82.3 cm³/mol. The van der Waals surface area contributed by atoms with Crippen LogP contribution in [0.4, 0.5) is 5.13 Å². The number of esters is 1. The van der Waals surface area contributed by atoms with Gasteiger partial charge in [-0.3, -0.25) is 5.43 Å². The summed E-state index contributed by atoms with van der Waals surface area (Å²) >= 11 is 1.29. The number of methoxy groups -OCH3 is 1. The van der Waals surface area contributed by atoms with E-state index in [4.69, 9.17) is 9.47 Å². The van der Waals surface area contributed by atoms with Gasteiger partial charge in [-0.15, -0.1) is 11.3 Å². The van der Waals surface area contributed by atoms with Crippen molar-refractivity contribution in [2.24, 2.45) is 5.10 Å². The summed E-state index contributed by atoms with van der Waals surface area (Å²) in [6, 6.07) is 7.47. The van der Waals surface area contributed by atoms with Crippen LogP contribution in [0.1, 0.15) is 23.0 Å². The highest BCUT2D eigenvalue weighted by Gasteiger charge is 2.10. The second-order valence-corrected chi connectivity index (χ2v) is 4.76. The van der Waals surface area contributed by atoms with E-state index in [1.165, 1.54) is 11.3 Å². The molecule has 0 spiro atoms. The Morgan fingerprint density at radius 1 is 1.43 bits per heavy atom. The monoisotopic (exact) mass is 305 g/mol. The maximum atomic E-state index is 11.5. The topological polar surface area (TPSA) is 72.8 Å². The maximum Gasteiger partial charge on any atom is 0.357 e. The van der Waals surface area contributed by atoms with Crippen LogP contribution in [0.3, 0.4) is 0 Å². The highest BCUT2D eigenvalue weighted by molar-refractivity contribution is 7.13. The molecule has 0 aliphatic heterocycles. The van der Waals surface area contributed by atoms with Gasteiger partial charge < -0.3 is 9.47 Å². The third-order valence-corrected chi connectivity index (χ3v) is 3.23.